The molecule has 2 aromatic carbocycles. The van der Waals surface area contributed by atoms with Crippen LogP contribution in [0.4, 0.5) is 0 Å². The minimum Gasteiger partial charge on any atom is -0.200 e. The quantitative estimate of drug-likeness (QED) is 0.295. The summed E-state index contributed by atoms with van der Waals surface area (Å²) in [6.45, 7) is 18.2. The summed E-state index contributed by atoms with van der Waals surface area (Å²) in [5.74, 6) is -0.633. The molecule has 3 aromatic rings. The van der Waals surface area contributed by atoms with Gasteiger partial charge in [0.2, 0.25) is 5.69 Å². The van der Waals surface area contributed by atoms with Gasteiger partial charge in [-0.05, 0) is 76.6 Å². The van der Waals surface area contributed by atoms with Gasteiger partial charge in [0.1, 0.15) is 7.05 Å². The number of fused-ring (bicyclic) bond motifs is 6. The first-order valence-electron chi connectivity index (χ1n) is 12.1. The van der Waals surface area contributed by atoms with Crippen LogP contribution in [0.25, 0.3) is 22.4 Å². The van der Waals surface area contributed by atoms with Gasteiger partial charge in [-0.15, -0.1) is 0 Å². The molecule has 1 heteroatoms. The molecule has 2 aliphatic carbocycles. The lowest BCUT2D eigenvalue weighted by Gasteiger charge is -2.48. The van der Waals surface area contributed by atoms with Crippen molar-refractivity contribution in [3.8, 4) is 22.4 Å². The molecule has 0 saturated heterocycles. The molecule has 0 unspecified atom stereocenters. The van der Waals surface area contributed by atoms with E-state index in [1.54, 1.807) is 0 Å². The Morgan fingerprint density at radius 3 is 2.32 bits per heavy atom. The van der Waals surface area contributed by atoms with Gasteiger partial charge in [0, 0.05) is 17.9 Å². The highest BCUT2D eigenvalue weighted by atomic mass is 14.9. The second-order valence-corrected chi connectivity index (χ2v) is 11.0. The van der Waals surface area contributed by atoms with Crippen molar-refractivity contribution in [2.75, 3.05) is 0 Å². The number of benzene rings is 2. The maximum atomic E-state index is 8.80. The average molecular weight is 412 g/mol. The molecule has 160 valence electrons. The fraction of sp³-hybridized carbons (Fsp3) is 0.433. The fourth-order valence-electron chi connectivity index (χ4n) is 6.32. The Morgan fingerprint density at radius 1 is 0.968 bits per heavy atom. The standard InChI is InChI=1S/C30H36N/c1-17(2)24-16-31(9)28-26-18(3)22-14-20-12-10-11-13-21(20)23(22)15-25(26)29(5,6)30(7,8)27(28)19(24)4/h10-13,15-17H,14H2,1-9H3/q+1/i17D. The Morgan fingerprint density at radius 2 is 1.65 bits per heavy atom. The van der Waals surface area contributed by atoms with Crippen LogP contribution in [0.3, 0.4) is 0 Å². The molecule has 0 fully saturated rings. The van der Waals surface area contributed by atoms with Gasteiger partial charge >= 0.3 is 0 Å². The molecule has 31 heavy (non-hydrogen) atoms. The lowest BCUT2D eigenvalue weighted by Crippen LogP contribution is -2.49. The zero-order valence-electron chi connectivity index (χ0n) is 21.6. The highest BCUT2D eigenvalue weighted by Crippen LogP contribution is 2.57. The van der Waals surface area contributed by atoms with Gasteiger partial charge in [-0.25, -0.2) is 4.57 Å². The summed E-state index contributed by atoms with van der Waals surface area (Å²) in [5.41, 5.74) is 15.1. The van der Waals surface area contributed by atoms with E-state index in [9.17, 15) is 0 Å². The van der Waals surface area contributed by atoms with Gasteiger partial charge in [-0.3, -0.25) is 0 Å². The lowest BCUT2D eigenvalue weighted by molar-refractivity contribution is -0.661. The summed E-state index contributed by atoms with van der Waals surface area (Å²) in [6.07, 6.45) is 3.23. The van der Waals surface area contributed by atoms with Gasteiger partial charge in [0.15, 0.2) is 6.20 Å². The average Bonchev–Trinajstić information content (AvgIpc) is 3.06. The second-order valence-electron chi connectivity index (χ2n) is 11.0. The number of rotatable bonds is 1. The SMILES string of the molecule is [2H]C(C)(C)c1c[n+](C)c2c(c1C)C(C)(C)C(C)(C)c1cc3c(c(C)c1-2)Cc1ccccc1-3. The summed E-state index contributed by atoms with van der Waals surface area (Å²) in [7, 11) is 2.17. The normalized spacial score (nSPS) is 18.0. The van der Waals surface area contributed by atoms with Crippen molar-refractivity contribution >= 4 is 0 Å². The van der Waals surface area contributed by atoms with Crippen LogP contribution in [-0.2, 0) is 24.3 Å². The van der Waals surface area contributed by atoms with Crippen LogP contribution in [0, 0.1) is 13.8 Å². The Balaban J connectivity index is 1.93. The van der Waals surface area contributed by atoms with Crippen LogP contribution in [0.15, 0.2) is 36.5 Å². The van der Waals surface area contributed by atoms with Gasteiger partial charge in [-0.1, -0.05) is 65.8 Å². The predicted molar refractivity (Wildman–Crippen MR) is 131 cm³/mol. The lowest BCUT2D eigenvalue weighted by atomic mass is 9.54. The summed E-state index contributed by atoms with van der Waals surface area (Å²) in [5, 5.41) is 0. The molecule has 1 heterocycles. The van der Waals surface area contributed by atoms with E-state index in [2.05, 4.69) is 89.7 Å². The van der Waals surface area contributed by atoms with E-state index in [1.807, 2.05) is 13.8 Å². The second kappa shape index (κ2) is 6.31. The van der Waals surface area contributed by atoms with Crippen LogP contribution >= 0.6 is 0 Å². The third-order valence-electron chi connectivity index (χ3n) is 8.71. The largest absolute Gasteiger partial charge is 0.216 e. The molecular formula is C30H36N+. The topological polar surface area (TPSA) is 3.88 Å². The van der Waals surface area contributed by atoms with Crippen LogP contribution in [0.1, 0.15) is 87.8 Å². The van der Waals surface area contributed by atoms with Gasteiger partial charge in [0.05, 0.1) is 5.56 Å². The first kappa shape index (κ1) is 19.3. The molecule has 0 bridgehead atoms. The minimum absolute atomic E-state index is 0.0464. The molecule has 0 amide bonds. The molecule has 5 rings (SSSR count). The first-order valence-corrected chi connectivity index (χ1v) is 11.6. The maximum absolute atomic E-state index is 8.80. The zero-order chi connectivity index (χ0) is 23.4. The Hall–Kier alpha value is -2.41. The molecular weight excluding hydrogens is 374 g/mol. The maximum Gasteiger partial charge on any atom is 0.216 e. The molecule has 1 aromatic heterocycles. The monoisotopic (exact) mass is 411 g/mol. The van der Waals surface area contributed by atoms with Crippen LogP contribution in [0.2, 0.25) is 0 Å². The van der Waals surface area contributed by atoms with Crippen molar-refractivity contribution in [3.05, 3.63) is 75.5 Å². The number of pyridine rings is 1. The van der Waals surface area contributed by atoms with Crippen LogP contribution in [0.5, 0.6) is 0 Å². The third-order valence-corrected chi connectivity index (χ3v) is 8.71. The number of aryl methyl sites for hydroxylation is 1. The van der Waals surface area contributed by atoms with Crippen molar-refractivity contribution in [1.82, 2.24) is 0 Å². The van der Waals surface area contributed by atoms with Crippen LogP contribution < -0.4 is 4.57 Å². The minimum atomic E-state index is -0.633. The zero-order valence-corrected chi connectivity index (χ0v) is 20.6. The molecule has 2 aliphatic rings. The van der Waals surface area contributed by atoms with Crippen molar-refractivity contribution in [2.24, 2.45) is 7.05 Å². The predicted octanol–water partition coefficient (Wildman–Crippen LogP) is 7.06. The summed E-state index contributed by atoms with van der Waals surface area (Å²) >= 11 is 0. The van der Waals surface area contributed by atoms with Crippen LogP contribution in [-0.4, -0.2) is 0 Å². The summed E-state index contributed by atoms with van der Waals surface area (Å²) in [6, 6.07) is 11.4. The van der Waals surface area contributed by atoms with E-state index in [0.717, 1.165) is 12.0 Å². The highest BCUT2D eigenvalue weighted by Gasteiger charge is 2.51. The molecule has 1 nitrogen and oxygen atoms in total. The molecule has 0 saturated carbocycles. The third kappa shape index (κ3) is 2.47. The number of aromatic nitrogens is 1. The molecule has 0 N–H and O–H groups in total. The van der Waals surface area contributed by atoms with E-state index >= 15 is 0 Å². The smallest absolute Gasteiger partial charge is 0.200 e. The fourth-order valence-corrected chi connectivity index (χ4v) is 6.32. The molecule has 0 spiro atoms. The highest BCUT2D eigenvalue weighted by molar-refractivity contribution is 5.87. The number of hydrogen-bond donors (Lipinski definition) is 0. The Bertz CT molecular complexity index is 1300. The molecule has 0 aliphatic heterocycles. The van der Waals surface area contributed by atoms with E-state index in [-0.39, 0.29) is 10.8 Å². The van der Waals surface area contributed by atoms with Crippen molar-refractivity contribution in [1.29, 1.82) is 0 Å². The van der Waals surface area contributed by atoms with Gasteiger partial charge < -0.3 is 0 Å². The van der Waals surface area contributed by atoms with E-state index in [4.69, 9.17) is 1.37 Å². The van der Waals surface area contributed by atoms with Crippen molar-refractivity contribution in [3.63, 3.8) is 0 Å². The molecule has 0 radical (unpaired) electrons. The summed E-state index contributed by atoms with van der Waals surface area (Å²) in [4.78, 5) is 0. The first-order chi connectivity index (χ1) is 14.8. The molecule has 0 atom stereocenters. The van der Waals surface area contributed by atoms with Crippen molar-refractivity contribution in [2.45, 2.75) is 78.5 Å². The van der Waals surface area contributed by atoms with Gasteiger partial charge in [0.25, 0.3) is 0 Å². The van der Waals surface area contributed by atoms with E-state index in [0.29, 0.717) is 0 Å². The summed E-state index contributed by atoms with van der Waals surface area (Å²) < 4.78 is 11.1. The Kier molecular flexibility index (Phi) is 3.93. The number of hydrogen-bond acceptors (Lipinski definition) is 0. The number of nitrogens with zero attached hydrogens (tertiary/aromatic N) is 1. The van der Waals surface area contributed by atoms with Crippen molar-refractivity contribution < 1.29 is 5.94 Å². The van der Waals surface area contributed by atoms with Gasteiger partial charge in [-0.2, -0.15) is 0 Å². The van der Waals surface area contributed by atoms with E-state index in [1.165, 1.54) is 55.8 Å². The van der Waals surface area contributed by atoms with E-state index < -0.39 is 5.89 Å². The Labute approximate surface area is 189 Å².